The molecule has 1 fully saturated rings. The molecule has 0 aliphatic heterocycles. The predicted molar refractivity (Wildman–Crippen MR) is 90.4 cm³/mol. The van der Waals surface area contributed by atoms with Crippen molar-refractivity contribution in [2.45, 2.75) is 78.7 Å². The average molecular weight is 296 g/mol. The molecule has 0 aromatic carbocycles. The van der Waals surface area contributed by atoms with Crippen molar-refractivity contribution in [3.63, 3.8) is 0 Å². The summed E-state index contributed by atoms with van der Waals surface area (Å²) in [6, 6.07) is 0. The van der Waals surface area contributed by atoms with Gasteiger partial charge in [-0.15, -0.1) is 0 Å². The van der Waals surface area contributed by atoms with Crippen LogP contribution in [0.25, 0.3) is 0 Å². The van der Waals surface area contributed by atoms with Gasteiger partial charge in [0, 0.05) is 19.1 Å². The zero-order valence-electron chi connectivity index (χ0n) is 15.1. The Kier molecular flexibility index (Phi) is 6.71. The number of hydrogen-bond acceptors (Lipinski definition) is 2. The maximum atomic E-state index is 12.3. The fourth-order valence-electron chi connectivity index (χ4n) is 3.70. The fourth-order valence-corrected chi connectivity index (χ4v) is 3.70. The molecule has 0 saturated heterocycles. The Balaban J connectivity index is 2.34. The molecule has 0 aromatic rings. The van der Waals surface area contributed by atoms with Crippen LogP contribution in [0.15, 0.2) is 0 Å². The lowest BCUT2D eigenvalue weighted by atomic mass is 9.82. The molecule has 1 saturated carbocycles. The zero-order valence-corrected chi connectivity index (χ0v) is 15.1. The maximum absolute atomic E-state index is 12.3. The lowest BCUT2D eigenvalue weighted by Crippen LogP contribution is -2.48. The van der Waals surface area contributed by atoms with Crippen molar-refractivity contribution in [2.75, 3.05) is 20.1 Å². The molecule has 1 aliphatic rings. The van der Waals surface area contributed by atoms with Gasteiger partial charge in [-0.1, -0.05) is 40.0 Å². The van der Waals surface area contributed by atoms with Crippen molar-refractivity contribution < 1.29 is 4.79 Å². The molecular weight excluding hydrogens is 260 g/mol. The molecule has 0 heterocycles. The first-order valence-corrected chi connectivity index (χ1v) is 8.58. The third-order valence-electron chi connectivity index (χ3n) is 4.37. The predicted octanol–water partition coefficient (Wildman–Crippen LogP) is 3.83. The first-order valence-electron chi connectivity index (χ1n) is 8.58. The van der Waals surface area contributed by atoms with Gasteiger partial charge in [0.25, 0.3) is 0 Å². The molecule has 124 valence electrons. The second kappa shape index (κ2) is 7.62. The Hall–Kier alpha value is -0.570. The number of carbonyl (C=O) groups is 1. The van der Waals surface area contributed by atoms with E-state index in [0.29, 0.717) is 6.54 Å². The molecule has 0 bridgehead atoms. The lowest BCUT2D eigenvalue weighted by molar-refractivity contribution is -0.130. The van der Waals surface area contributed by atoms with Gasteiger partial charge in [0.05, 0.1) is 6.54 Å². The minimum atomic E-state index is -0.000408. The number of nitrogens with one attached hydrogen (secondary N) is 1. The molecule has 21 heavy (non-hydrogen) atoms. The van der Waals surface area contributed by atoms with Crippen molar-refractivity contribution in [3.8, 4) is 0 Å². The van der Waals surface area contributed by atoms with Gasteiger partial charge in [-0.2, -0.15) is 0 Å². The van der Waals surface area contributed by atoms with E-state index in [2.05, 4.69) is 39.9 Å². The van der Waals surface area contributed by atoms with Crippen molar-refractivity contribution in [1.29, 1.82) is 0 Å². The van der Waals surface area contributed by atoms with Crippen LogP contribution < -0.4 is 5.32 Å². The Morgan fingerprint density at radius 2 is 1.67 bits per heavy atom. The van der Waals surface area contributed by atoms with Gasteiger partial charge in [0.1, 0.15) is 0 Å². The lowest BCUT2D eigenvalue weighted by Gasteiger charge is -2.34. The van der Waals surface area contributed by atoms with E-state index < -0.39 is 0 Å². The van der Waals surface area contributed by atoms with Crippen molar-refractivity contribution in [3.05, 3.63) is 0 Å². The number of amides is 1. The van der Waals surface area contributed by atoms with Crippen LogP contribution in [-0.4, -0.2) is 36.5 Å². The smallest absolute Gasteiger partial charge is 0.236 e. The fraction of sp³-hybridized carbons (Fsp3) is 0.944. The normalized spacial score (nSPS) is 17.8. The van der Waals surface area contributed by atoms with Crippen LogP contribution in [0, 0.1) is 11.3 Å². The first kappa shape index (κ1) is 18.5. The van der Waals surface area contributed by atoms with Crippen LogP contribution in [0.1, 0.15) is 73.1 Å². The highest BCUT2D eigenvalue weighted by atomic mass is 16.2. The van der Waals surface area contributed by atoms with E-state index >= 15 is 0 Å². The molecule has 1 N–H and O–H groups in total. The van der Waals surface area contributed by atoms with Crippen molar-refractivity contribution in [1.82, 2.24) is 10.2 Å². The molecule has 0 radical (unpaired) electrons. The summed E-state index contributed by atoms with van der Waals surface area (Å²) < 4.78 is 0. The van der Waals surface area contributed by atoms with Gasteiger partial charge in [-0.25, -0.2) is 0 Å². The van der Waals surface area contributed by atoms with Crippen LogP contribution in [0.4, 0.5) is 0 Å². The SMILES string of the molecule is CN(CC1CCCCC1)C(=O)CNC(C)(C)CC(C)(C)C. The maximum Gasteiger partial charge on any atom is 0.236 e. The number of rotatable bonds is 6. The van der Waals surface area contributed by atoms with E-state index in [0.717, 1.165) is 18.9 Å². The summed E-state index contributed by atoms with van der Waals surface area (Å²) in [4.78, 5) is 14.2. The number of nitrogens with zero attached hydrogens (tertiary/aromatic N) is 1. The highest BCUT2D eigenvalue weighted by Gasteiger charge is 2.26. The van der Waals surface area contributed by atoms with Gasteiger partial charge in [-0.05, 0) is 44.4 Å². The Labute approximate surface area is 131 Å². The standard InChI is InChI=1S/C18H36N2O/c1-17(2,3)14-18(4,5)19-12-16(21)20(6)13-15-10-8-7-9-11-15/h15,19H,7-14H2,1-6H3. The summed E-state index contributed by atoms with van der Waals surface area (Å²) in [5.41, 5.74) is 0.271. The third-order valence-corrected chi connectivity index (χ3v) is 4.37. The van der Waals surface area contributed by atoms with Crippen LogP contribution in [0.2, 0.25) is 0 Å². The number of hydrogen-bond donors (Lipinski definition) is 1. The van der Waals surface area contributed by atoms with Crippen LogP contribution in [0.5, 0.6) is 0 Å². The van der Waals surface area contributed by atoms with Gasteiger partial charge in [-0.3, -0.25) is 4.79 Å². The van der Waals surface area contributed by atoms with Gasteiger partial charge in [0.15, 0.2) is 0 Å². The Morgan fingerprint density at radius 1 is 1.10 bits per heavy atom. The summed E-state index contributed by atoms with van der Waals surface area (Å²) in [7, 11) is 1.95. The highest BCUT2D eigenvalue weighted by Crippen LogP contribution is 2.27. The Morgan fingerprint density at radius 3 is 2.19 bits per heavy atom. The van der Waals surface area contributed by atoms with E-state index in [1.165, 1.54) is 32.1 Å². The largest absolute Gasteiger partial charge is 0.344 e. The summed E-state index contributed by atoms with van der Waals surface area (Å²) >= 11 is 0. The van der Waals surface area contributed by atoms with E-state index in [1.54, 1.807) is 0 Å². The molecule has 3 heteroatoms. The summed E-state index contributed by atoms with van der Waals surface area (Å²) in [5.74, 6) is 0.942. The summed E-state index contributed by atoms with van der Waals surface area (Å²) in [5, 5.41) is 3.44. The topological polar surface area (TPSA) is 32.3 Å². The van der Waals surface area contributed by atoms with E-state index in [1.807, 2.05) is 11.9 Å². The Bertz CT molecular complexity index is 325. The molecule has 1 aliphatic carbocycles. The second-order valence-corrected chi connectivity index (χ2v) is 8.75. The van der Waals surface area contributed by atoms with Gasteiger partial charge < -0.3 is 10.2 Å². The minimum absolute atomic E-state index is 0.000408. The number of carbonyl (C=O) groups excluding carboxylic acids is 1. The molecule has 0 atom stereocenters. The van der Waals surface area contributed by atoms with E-state index in [9.17, 15) is 4.79 Å². The average Bonchev–Trinajstić information content (AvgIpc) is 2.34. The minimum Gasteiger partial charge on any atom is -0.344 e. The summed E-state index contributed by atoms with van der Waals surface area (Å²) in [6.45, 7) is 12.5. The van der Waals surface area contributed by atoms with Crippen molar-refractivity contribution >= 4 is 5.91 Å². The number of likely N-dealkylation sites (N-methyl/N-ethyl adjacent to an activating group) is 1. The molecule has 0 spiro atoms. The third kappa shape index (κ3) is 7.85. The molecule has 1 rings (SSSR count). The quantitative estimate of drug-likeness (QED) is 0.808. The monoisotopic (exact) mass is 296 g/mol. The second-order valence-electron chi connectivity index (χ2n) is 8.75. The molecule has 3 nitrogen and oxygen atoms in total. The van der Waals surface area contributed by atoms with Crippen LogP contribution in [-0.2, 0) is 4.79 Å². The van der Waals surface area contributed by atoms with Crippen LogP contribution in [0.3, 0.4) is 0 Å². The van der Waals surface area contributed by atoms with Crippen molar-refractivity contribution in [2.24, 2.45) is 11.3 Å². The first-order chi connectivity index (χ1) is 9.59. The summed E-state index contributed by atoms with van der Waals surface area (Å²) in [6.07, 6.45) is 7.69. The molecule has 1 amide bonds. The van der Waals surface area contributed by atoms with Gasteiger partial charge in [0.2, 0.25) is 5.91 Å². The van der Waals surface area contributed by atoms with Gasteiger partial charge >= 0.3 is 0 Å². The van der Waals surface area contributed by atoms with E-state index in [-0.39, 0.29) is 16.9 Å². The molecule has 0 unspecified atom stereocenters. The molecular formula is C18H36N2O. The highest BCUT2D eigenvalue weighted by molar-refractivity contribution is 5.78. The van der Waals surface area contributed by atoms with Crippen LogP contribution >= 0.6 is 0 Å². The van der Waals surface area contributed by atoms with E-state index in [4.69, 9.17) is 0 Å². The zero-order chi connectivity index (χ0) is 16.1. The molecule has 0 aromatic heterocycles.